The Labute approximate surface area is 132 Å². The van der Waals surface area contributed by atoms with Gasteiger partial charge in [0.15, 0.2) is 17.4 Å². The molecule has 0 bridgehead atoms. The number of carbonyl (C=O) groups excluding carboxylic acids is 1. The van der Waals surface area contributed by atoms with Crippen molar-refractivity contribution in [1.82, 2.24) is 5.32 Å². The molecule has 0 saturated heterocycles. The molecule has 2 N–H and O–H groups in total. The molecule has 23 heavy (non-hydrogen) atoms. The topological polar surface area (TPSA) is 50.4 Å². The number of hydrogen-bond donors (Lipinski definition) is 2. The molecule has 0 spiro atoms. The maximum absolute atomic E-state index is 13.6. The van der Waals surface area contributed by atoms with E-state index >= 15 is 0 Å². The highest BCUT2D eigenvalue weighted by Gasteiger charge is 2.39. The average molecular weight is 318 g/mol. The van der Waals surface area contributed by atoms with Crippen LogP contribution in [0, 0.1) is 11.6 Å². The molecule has 1 aliphatic carbocycles. The van der Waals surface area contributed by atoms with Gasteiger partial charge in [-0.3, -0.25) is 0 Å². The van der Waals surface area contributed by atoms with E-state index in [0.717, 1.165) is 18.6 Å². The fourth-order valence-electron chi connectivity index (χ4n) is 2.59. The Morgan fingerprint density at radius 2 is 1.83 bits per heavy atom. The molecular formula is C17H16F2N2O2. The van der Waals surface area contributed by atoms with Crippen LogP contribution < -0.4 is 15.4 Å². The second-order valence-electron chi connectivity index (χ2n) is 5.43. The number of amides is 2. The maximum Gasteiger partial charge on any atom is 0.319 e. The molecule has 1 aliphatic rings. The summed E-state index contributed by atoms with van der Waals surface area (Å²) < 4.78 is 31.8. The van der Waals surface area contributed by atoms with Gasteiger partial charge >= 0.3 is 6.03 Å². The van der Waals surface area contributed by atoms with Crippen LogP contribution in [0.5, 0.6) is 5.75 Å². The predicted octanol–water partition coefficient (Wildman–Crippen LogP) is 3.65. The Balaban J connectivity index is 1.59. The molecule has 2 amide bonds. The number of urea groups is 1. The number of halogens is 2. The van der Waals surface area contributed by atoms with Gasteiger partial charge in [0.05, 0.1) is 7.11 Å². The molecule has 1 fully saturated rings. The van der Waals surface area contributed by atoms with E-state index in [-0.39, 0.29) is 17.6 Å². The molecule has 0 heterocycles. The van der Waals surface area contributed by atoms with Gasteiger partial charge in [0.25, 0.3) is 0 Å². The van der Waals surface area contributed by atoms with Crippen LogP contribution in [0.15, 0.2) is 42.5 Å². The van der Waals surface area contributed by atoms with Crippen molar-refractivity contribution in [3.8, 4) is 5.75 Å². The number of rotatable bonds is 4. The standard InChI is InChI=1S/C17H16F2N2O2/c1-23-16-13(18)7-11(8-14(16)19)20-17(22)21-15-9-12(15)10-5-3-2-4-6-10/h2-8,12,15H,9H2,1H3,(H2,20,21,22). The van der Waals surface area contributed by atoms with Crippen LogP contribution in [0.3, 0.4) is 0 Å². The van der Waals surface area contributed by atoms with E-state index in [9.17, 15) is 13.6 Å². The van der Waals surface area contributed by atoms with Crippen LogP contribution in [-0.4, -0.2) is 19.2 Å². The van der Waals surface area contributed by atoms with Gasteiger partial charge in [-0.25, -0.2) is 13.6 Å². The highest BCUT2D eigenvalue weighted by atomic mass is 19.1. The van der Waals surface area contributed by atoms with Gasteiger partial charge < -0.3 is 15.4 Å². The van der Waals surface area contributed by atoms with Crippen molar-refractivity contribution in [2.75, 3.05) is 12.4 Å². The van der Waals surface area contributed by atoms with Crippen molar-refractivity contribution in [2.24, 2.45) is 0 Å². The SMILES string of the molecule is COc1c(F)cc(NC(=O)NC2CC2c2ccccc2)cc1F. The van der Waals surface area contributed by atoms with E-state index in [2.05, 4.69) is 15.4 Å². The Morgan fingerprint density at radius 1 is 1.17 bits per heavy atom. The quantitative estimate of drug-likeness (QED) is 0.904. The average Bonchev–Trinajstić information content (AvgIpc) is 3.27. The van der Waals surface area contributed by atoms with Gasteiger partial charge in [0.2, 0.25) is 0 Å². The number of nitrogens with one attached hydrogen (secondary N) is 2. The lowest BCUT2D eigenvalue weighted by molar-refractivity contribution is 0.251. The summed E-state index contributed by atoms with van der Waals surface area (Å²) >= 11 is 0. The Morgan fingerprint density at radius 3 is 2.43 bits per heavy atom. The fraction of sp³-hybridized carbons (Fsp3) is 0.235. The first kappa shape index (κ1) is 15.3. The van der Waals surface area contributed by atoms with Crippen LogP contribution in [0.25, 0.3) is 0 Å². The smallest absolute Gasteiger partial charge is 0.319 e. The molecular weight excluding hydrogens is 302 g/mol. The first-order chi connectivity index (χ1) is 11.1. The third-order valence-corrected chi connectivity index (χ3v) is 3.79. The van der Waals surface area contributed by atoms with Crippen LogP contribution in [0.2, 0.25) is 0 Å². The van der Waals surface area contributed by atoms with E-state index in [4.69, 9.17) is 0 Å². The van der Waals surface area contributed by atoms with Gasteiger partial charge in [-0.2, -0.15) is 0 Å². The van der Waals surface area contributed by atoms with Gasteiger partial charge in [0, 0.05) is 29.8 Å². The van der Waals surface area contributed by atoms with Gasteiger partial charge in [-0.1, -0.05) is 30.3 Å². The predicted molar refractivity (Wildman–Crippen MR) is 82.7 cm³/mol. The van der Waals surface area contributed by atoms with E-state index in [1.165, 1.54) is 12.7 Å². The molecule has 6 heteroatoms. The number of benzene rings is 2. The highest BCUT2D eigenvalue weighted by molar-refractivity contribution is 5.89. The molecule has 2 atom stereocenters. The number of hydrogen-bond acceptors (Lipinski definition) is 2. The lowest BCUT2D eigenvalue weighted by atomic mass is 10.1. The molecule has 2 unspecified atom stereocenters. The summed E-state index contributed by atoms with van der Waals surface area (Å²) in [5, 5.41) is 5.22. The largest absolute Gasteiger partial charge is 0.491 e. The summed E-state index contributed by atoms with van der Waals surface area (Å²) in [5.74, 6) is -1.92. The first-order valence-electron chi connectivity index (χ1n) is 7.24. The van der Waals surface area contributed by atoms with Crippen molar-refractivity contribution in [3.63, 3.8) is 0 Å². The zero-order valence-electron chi connectivity index (χ0n) is 12.5. The molecule has 2 aromatic rings. The third-order valence-electron chi connectivity index (χ3n) is 3.79. The van der Waals surface area contributed by atoms with Gasteiger partial charge in [-0.05, 0) is 12.0 Å². The van der Waals surface area contributed by atoms with Crippen molar-refractivity contribution in [2.45, 2.75) is 18.4 Å². The molecule has 120 valence electrons. The molecule has 0 aromatic heterocycles. The minimum Gasteiger partial charge on any atom is -0.491 e. The zero-order chi connectivity index (χ0) is 16.4. The summed E-state index contributed by atoms with van der Waals surface area (Å²) in [5.41, 5.74) is 1.20. The van der Waals surface area contributed by atoms with Crippen molar-refractivity contribution in [1.29, 1.82) is 0 Å². The summed E-state index contributed by atoms with van der Waals surface area (Å²) in [6.45, 7) is 0. The maximum atomic E-state index is 13.6. The molecule has 2 aromatic carbocycles. The normalized spacial score (nSPS) is 19.1. The number of anilines is 1. The van der Waals surface area contributed by atoms with Crippen molar-refractivity contribution < 1.29 is 18.3 Å². The van der Waals surface area contributed by atoms with E-state index in [0.29, 0.717) is 0 Å². The van der Waals surface area contributed by atoms with Crippen molar-refractivity contribution in [3.05, 3.63) is 59.7 Å². The highest BCUT2D eigenvalue weighted by Crippen LogP contribution is 2.40. The molecule has 1 saturated carbocycles. The summed E-state index contributed by atoms with van der Waals surface area (Å²) in [6, 6.07) is 11.4. The minimum atomic E-state index is -0.864. The van der Waals surface area contributed by atoms with Crippen molar-refractivity contribution >= 4 is 11.7 Å². The van der Waals surface area contributed by atoms with Crippen LogP contribution in [0.4, 0.5) is 19.3 Å². The molecule has 0 radical (unpaired) electrons. The summed E-state index contributed by atoms with van der Waals surface area (Å²) in [6.07, 6.45) is 0.850. The molecule has 0 aliphatic heterocycles. The van der Waals surface area contributed by atoms with Gasteiger partial charge in [0.1, 0.15) is 0 Å². The lowest BCUT2D eigenvalue weighted by Gasteiger charge is -2.10. The van der Waals surface area contributed by atoms with E-state index in [1.807, 2.05) is 30.3 Å². The van der Waals surface area contributed by atoms with Gasteiger partial charge in [-0.15, -0.1) is 0 Å². The number of methoxy groups -OCH3 is 1. The van der Waals surface area contributed by atoms with E-state index < -0.39 is 23.4 Å². The fourth-order valence-corrected chi connectivity index (χ4v) is 2.59. The Kier molecular flexibility index (Phi) is 4.14. The van der Waals surface area contributed by atoms with E-state index in [1.54, 1.807) is 0 Å². The number of carbonyl (C=O) groups is 1. The second kappa shape index (κ2) is 6.24. The Bertz CT molecular complexity index is 699. The van der Waals surface area contributed by atoms with Crippen LogP contribution in [-0.2, 0) is 0 Å². The lowest BCUT2D eigenvalue weighted by Crippen LogP contribution is -2.31. The zero-order valence-corrected chi connectivity index (χ0v) is 12.5. The van der Waals surface area contributed by atoms with Crippen LogP contribution >= 0.6 is 0 Å². The Hall–Kier alpha value is -2.63. The third kappa shape index (κ3) is 3.41. The first-order valence-corrected chi connectivity index (χ1v) is 7.24. The number of ether oxygens (including phenoxy) is 1. The second-order valence-corrected chi connectivity index (χ2v) is 5.43. The molecule has 3 rings (SSSR count). The summed E-state index contributed by atoms with van der Waals surface area (Å²) in [4.78, 5) is 11.9. The van der Waals surface area contributed by atoms with Crippen LogP contribution in [0.1, 0.15) is 17.9 Å². The summed E-state index contributed by atoms with van der Waals surface area (Å²) in [7, 11) is 1.18. The monoisotopic (exact) mass is 318 g/mol. The molecule has 4 nitrogen and oxygen atoms in total. The minimum absolute atomic E-state index is 0.0327.